The van der Waals surface area contributed by atoms with E-state index in [2.05, 4.69) is 31.8 Å². The molecule has 0 spiro atoms. The summed E-state index contributed by atoms with van der Waals surface area (Å²) in [6.07, 6.45) is 0. The molecular weight excluding hydrogens is 526 g/mol. The van der Waals surface area contributed by atoms with Crippen LogP contribution >= 0.6 is 27.5 Å². The fourth-order valence-electron chi connectivity index (χ4n) is 2.76. The number of hydrogen-bond donors (Lipinski definition) is 2. The standard InChI is InChI=1S/C24H19BrClN3O5/c1-14(28-29-23(31)22(30)27-17-7-5-6-16(26)13-17)15-10-11-20(21(12-15)33-2)34-24(32)18-8-3-4-9-19(18)25/h3-13H,1-2H3,(H,27,30)(H,29,31). The van der Waals surface area contributed by atoms with Gasteiger partial charge in [0.2, 0.25) is 0 Å². The van der Waals surface area contributed by atoms with Gasteiger partial charge in [-0.25, -0.2) is 10.2 Å². The number of nitrogens with one attached hydrogen (secondary N) is 2. The molecule has 0 heterocycles. The summed E-state index contributed by atoms with van der Waals surface area (Å²) in [4.78, 5) is 36.6. The maximum absolute atomic E-state index is 12.5. The molecule has 174 valence electrons. The number of anilines is 1. The van der Waals surface area contributed by atoms with Crippen LogP contribution in [-0.2, 0) is 9.59 Å². The smallest absolute Gasteiger partial charge is 0.344 e. The zero-order valence-electron chi connectivity index (χ0n) is 18.1. The molecule has 10 heteroatoms. The Morgan fingerprint density at radius 3 is 2.41 bits per heavy atom. The molecule has 0 bridgehead atoms. The molecule has 34 heavy (non-hydrogen) atoms. The molecule has 2 amide bonds. The van der Waals surface area contributed by atoms with Gasteiger partial charge in [0.05, 0.1) is 18.4 Å². The third-order valence-corrected chi connectivity index (χ3v) is 5.42. The van der Waals surface area contributed by atoms with E-state index < -0.39 is 17.8 Å². The van der Waals surface area contributed by atoms with Crippen molar-refractivity contribution in [1.29, 1.82) is 0 Å². The van der Waals surface area contributed by atoms with Gasteiger partial charge in [-0.15, -0.1) is 0 Å². The minimum Gasteiger partial charge on any atom is -0.493 e. The summed E-state index contributed by atoms with van der Waals surface area (Å²) in [5.74, 6) is -1.90. The number of carbonyl (C=O) groups excluding carboxylic acids is 3. The number of carbonyl (C=O) groups is 3. The molecule has 0 aromatic heterocycles. The van der Waals surface area contributed by atoms with Crippen LogP contribution in [0.5, 0.6) is 11.5 Å². The van der Waals surface area contributed by atoms with Crippen LogP contribution in [0.15, 0.2) is 76.3 Å². The zero-order valence-corrected chi connectivity index (χ0v) is 20.4. The van der Waals surface area contributed by atoms with E-state index in [0.29, 0.717) is 32.0 Å². The second kappa shape index (κ2) is 11.4. The number of benzene rings is 3. The molecular formula is C24H19BrClN3O5. The van der Waals surface area contributed by atoms with Gasteiger partial charge in [0.1, 0.15) is 0 Å². The van der Waals surface area contributed by atoms with Gasteiger partial charge in [-0.05, 0) is 71.4 Å². The Bertz CT molecular complexity index is 1280. The van der Waals surface area contributed by atoms with Crippen molar-refractivity contribution in [2.45, 2.75) is 6.92 Å². The molecule has 0 saturated heterocycles. The lowest BCUT2D eigenvalue weighted by molar-refractivity contribution is -0.136. The van der Waals surface area contributed by atoms with Crippen LogP contribution in [-0.4, -0.2) is 30.6 Å². The first kappa shape index (κ1) is 24.9. The lowest BCUT2D eigenvalue weighted by Gasteiger charge is -2.12. The molecule has 0 saturated carbocycles. The van der Waals surface area contributed by atoms with Gasteiger partial charge < -0.3 is 14.8 Å². The monoisotopic (exact) mass is 543 g/mol. The summed E-state index contributed by atoms with van der Waals surface area (Å²) in [7, 11) is 1.43. The first-order valence-electron chi connectivity index (χ1n) is 9.84. The highest BCUT2D eigenvalue weighted by atomic mass is 79.9. The average Bonchev–Trinajstić information content (AvgIpc) is 2.82. The summed E-state index contributed by atoms with van der Waals surface area (Å²) < 4.78 is 11.4. The third-order valence-electron chi connectivity index (χ3n) is 4.49. The highest BCUT2D eigenvalue weighted by Crippen LogP contribution is 2.30. The quantitative estimate of drug-likeness (QED) is 0.152. The molecule has 0 aliphatic heterocycles. The number of methoxy groups -OCH3 is 1. The topological polar surface area (TPSA) is 106 Å². The van der Waals surface area contributed by atoms with E-state index in [1.54, 1.807) is 67.6 Å². The van der Waals surface area contributed by atoms with E-state index in [-0.39, 0.29) is 11.5 Å². The predicted molar refractivity (Wildman–Crippen MR) is 133 cm³/mol. The number of ether oxygens (including phenoxy) is 2. The summed E-state index contributed by atoms with van der Waals surface area (Å²) in [5, 5.41) is 6.81. The van der Waals surface area contributed by atoms with Gasteiger partial charge in [-0.2, -0.15) is 5.10 Å². The molecule has 0 aliphatic rings. The number of hydrazone groups is 1. The molecule has 2 N–H and O–H groups in total. The molecule has 0 aliphatic carbocycles. The molecule has 0 atom stereocenters. The maximum atomic E-state index is 12.5. The van der Waals surface area contributed by atoms with Crippen molar-refractivity contribution < 1.29 is 23.9 Å². The Hall–Kier alpha value is -3.69. The molecule has 0 fully saturated rings. The molecule has 3 aromatic rings. The van der Waals surface area contributed by atoms with Crippen molar-refractivity contribution >= 4 is 56.7 Å². The van der Waals surface area contributed by atoms with E-state index in [0.717, 1.165) is 0 Å². The van der Waals surface area contributed by atoms with Gasteiger partial charge >= 0.3 is 17.8 Å². The SMILES string of the molecule is COc1cc(C(C)=NNC(=O)C(=O)Nc2cccc(Cl)c2)ccc1OC(=O)c1ccccc1Br. The van der Waals surface area contributed by atoms with Crippen LogP contribution < -0.4 is 20.2 Å². The molecule has 0 unspecified atom stereocenters. The van der Waals surface area contributed by atoms with Gasteiger partial charge in [0.25, 0.3) is 0 Å². The second-order valence-corrected chi connectivity index (χ2v) is 8.13. The molecule has 3 rings (SSSR count). The van der Waals surface area contributed by atoms with E-state index in [1.807, 2.05) is 0 Å². The van der Waals surface area contributed by atoms with Crippen molar-refractivity contribution in [2.75, 3.05) is 12.4 Å². The van der Waals surface area contributed by atoms with Crippen molar-refractivity contribution in [3.05, 3.63) is 87.4 Å². The number of halogens is 2. The Labute approximate surface area is 209 Å². The number of nitrogens with zero attached hydrogens (tertiary/aromatic N) is 1. The molecule has 3 aromatic carbocycles. The van der Waals surface area contributed by atoms with E-state index in [4.69, 9.17) is 21.1 Å². The van der Waals surface area contributed by atoms with Crippen LogP contribution in [0, 0.1) is 0 Å². The van der Waals surface area contributed by atoms with Crippen LogP contribution in [0.4, 0.5) is 5.69 Å². The Kier molecular flexibility index (Phi) is 8.39. The maximum Gasteiger partial charge on any atom is 0.344 e. The Morgan fingerprint density at radius 1 is 0.941 bits per heavy atom. The normalized spacial score (nSPS) is 10.9. The zero-order chi connectivity index (χ0) is 24.7. The minimum atomic E-state index is -0.953. The fourth-order valence-corrected chi connectivity index (χ4v) is 3.40. The summed E-state index contributed by atoms with van der Waals surface area (Å²) >= 11 is 9.19. The Morgan fingerprint density at radius 2 is 1.71 bits per heavy atom. The van der Waals surface area contributed by atoms with E-state index >= 15 is 0 Å². The highest BCUT2D eigenvalue weighted by molar-refractivity contribution is 9.10. The summed E-state index contributed by atoms with van der Waals surface area (Å²) in [5.41, 5.74) is 3.92. The number of rotatable bonds is 6. The van der Waals surface area contributed by atoms with Crippen LogP contribution in [0.25, 0.3) is 0 Å². The summed E-state index contributed by atoms with van der Waals surface area (Å²) in [6, 6.07) is 18.1. The average molecular weight is 545 g/mol. The first-order chi connectivity index (χ1) is 16.3. The molecule has 0 radical (unpaired) electrons. The Balaban J connectivity index is 1.68. The van der Waals surface area contributed by atoms with E-state index in [9.17, 15) is 14.4 Å². The summed E-state index contributed by atoms with van der Waals surface area (Å²) in [6.45, 7) is 1.64. The van der Waals surface area contributed by atoms with Crippen LogP contribution in [0.2, 0.25) is 5.02 Å². The lowest BCUT2D eigenvalue weighted by atomic mass is 10.1. The lowest BCUT2D eigenvalue weighted by Crippen LogP contribution is -2.32. The highest BCUT2D eigenvalue weighted by Gasteiger charge is 2.17. The number of hydrogen-bond acceptors (Lipinski definition) is 6. The van der Waals surface area contributed by atoms with Crippen molar-refractivity contribution in [2.24, 2.45) is 5.10 Å². The fraction of sp³-hybridized carbons (Fsp3) is 0.0833. The largest absolute Gasteiger partial charge is 0.493 e. The van der Waals surface area contributed by atoms with Crippen molar-refractivity contribution in [3.8, 4) is 11.5 Å². The second-order valence-electron chi connectivity index (χ2n) is 6.84. The van der Waals surface area contributed by atoms with Gasteiger partial charge in [0.15, 0.2) is 11.5 Å². The number of esters is 1. The van der Waals surface area contributed by atoms with Crippen molar-refractivity contribution in [3.63, 3.8) is 0 Å². The van der Waals surface area contributed by atoms with Crippen LogP contribution in [0.3, 0.4) is 0 Å². The van der Waals surface area contributed by atoms with Gasteiger partial charge in [-0.1, -0.05) is 29.8 Å². The van der Waals surface area contributed by atoms with Crippen LogP contribution in [0.1, 0.15) is 22.8 Å². The number of amides is 2. The van der Waals surface area contributed by atoms with Gasteiger partial charge in [0, 0.05) is 20.7 Å². The first-order valence-corrected chi connectivity index (χ1v) is 11.0. The van der Waals surface area contributed by atoms with Gasteiger partial charge in [-0.3, -0.25) is 9.59 Å². The van der Waals surface area contributed by atoms with Crippen molar-refractivity contribution in [1.82, 2.24) is 5.43 Å². The minimum absolute atomic E-state index is 0.213. The predicted octanol–water partition coefficient (Wildman–Crippen LogP) is 4.81. The third kappa shape index (κ3) is 6.43. The van der Waals surface area contributed by atoms with E-state index in [1.165, 1.54) is 13.2 Å². The molecule has 8 nitrogen and oxygen atoms in total.